The monoisotopic (exact) mass is 464 g/mol. The maximum absolute atomic E-state index is 13.6. The molecule has 0 aromatic rings. The van der Waals surface area contributed by atoms with Gasteiger partial charge in [-0.15, -0.1) is 0 Å². The molecule has 0 heterocycles. The highest BCUT2D eigenvalue weighted by Gasteiger charge is 2.60. The fourth-order valence-corrected chi connectivity index (χ4v) is 7.09. The molecule has 31 heavy (non-hydrogen) atoms. The molecule has 7 nitrogen and oxygen atoms in total. The quantitative estimate of drug-likeness (QED) is 0.245. The number of hydrogen-bond donors (Lipinski definition) is 1. The Morgan fingerprint density at radius 1 is 1.10 bits per heavy atom. The predicted octanol–water partition coefficient (Wildman–Crippen LogP) is 4.35. The van der Waals surface area contributed by atoms with Gasteiger partial charge in [-0.05, 0) is 76.0 Å². The SMILES string of the molecule is COC1CCC(C(=O)OC23CC4CC(CC(COC(=O)C(F)(F)SOO)(C4)C2)C3)CC1. The maximum atomic E-state index is 13.6. The van der Waals surface area contributed by atoms with Gasteiger partial charge in [0.1, 0.15) is 17.6 Å². The lowest BCUT2D eigenvalue weighted by Gasteiger charge is -2.61. The summed E-state index contributed by atoms with van der Waals surface area (Å²) in [5.74, 6) is -1.34. The largest absolute Gasteiger partial charge is 0.460 e. The van der Waals surface area contributed by atoms with Gasteiger partial charge < -0.3 is 14.2 Å². The summed E-state index contributed by atoms with van der Waals surface area (Å²) < 4.78 is 47.1. The Hall–Kier alpha value is -0.970. The number of hydrogen-bond acceptors (Lipinski definition) is 8. The highest BCUT2D eigenvalue weighted by molar-refractivity contribution is 7.96. The minimum atomic E-state index is -3.98. The maximum Gasteiger partial charge on any atom is 0.415 e. The molecule has 2 atom stereocenters. The summed E-state index contributed by atoms with van der Waals surface area (Å²) in [4.78, 5) is 24.7. The molecule has 5 fully saturated rings. The van der Waals surface area contributed by atoms with Crippen molar-refractivity contribution in [1.29, 1.82) is 0 Å². The smallest absolute Gasteiger partial charge is 0.415 e. The Balaban J connectivity index is 1.40. The van der Waals surface area contributed by atoms with Gasteiger partial charge in [-0.25, -0.2) is 10.1 Å². The number of alkyl halides is 2. The third-order valence-electron chi connectivity index (χ3n) is 7.68. The first-order valence-electron chi connectivity index (χ1n) is 11.0. The lowest BCUT2D eigenvalue weighted by Crippen LogP contribution is -2.59. The van der Waals surface area contributed by atoms with E-state index in [0.717, 1.165) is 57.8 Å². The van der Waals surface area contributed by atoms with Crippen molar-refractivity contribution in [2.24, 2.45) is 23.2 Å². The lowest BCUT2D eigenvalue weighted by molar-refractivity contribution is -0.216. The zero-order chi connectivity index (χ0) is 22.3. The second-order valence-corrected chi connectivity index (χ2v) is 10.9. The normalized spacial score (nSPS) is 39.4. The summed E-state index contributed by atoms with van der Waals surface area (Å²) in [5, 5.41) is 4.24. The van der Waals surface area contributed by atoms with Crippen LogP contribution in [0.15, 0.2) is 0 Å². The fraction of sp³-hybridized carbons (Fsp3) is 0.905. The Morgan fingerprint density at radius 2 is 1.74 bits per heavy atom. The van der Waals surface area contributed by atoms with Crippen LogP contribution in [0.3, 0.4) is 0 Å². The van der Waals surface area contributed by atoms with Crippen molar-refractivity contribution in [1.82, 2.24) is 0 Å². The molecule has 2 unspecified atom stereocenters. The van der Waals surface area contributed by atoms with Gasteiger partial charge in [-0.2, -0.15) is 13.1 Å². The van der Waals surface area contributed by atoms with E-state index in [2.05, 4.69) is 4.33 Å². The molecular weight excluding hydrogens is 434 g/mol. The molecule has 5 saturated carbocycles. The number of carbonyl (C=O) groups excluding carboxylic acids is 2. The lowest BCUT2D eigenvalue weighted by atomic mass is 9.48. The molecule has 0 aromatic carbocycles. The highest BCUT2D eigenvalue weighted by Crippen LogP contribution is 2.63. The van der Waals surface area contributed by atoms with Crippen molar-refractivity contribution in [3.63, 3.8) is 0 Å². The van der Waals surface area contributed by atoms with Crippen LogP contribution in [0.5, 0.6) is 0 Å². The topological polar surface area (TPSA) is 91.3 Å². The van der Waals surface area contributed by atoms with E-state index in [1.807, 2.05) is 0 Å². The molecule has 0 amide bonds. The van der Waals surface area contributed by atoms with Crippen LogP contribution < -0.4 is 0 Å². The molecule has 0 aromatic heterocycles. The first-order valence-corrected chi connectivity index (χ1v) is 11.7. The summed E-state index contributed by atoms with van der Waals surface area (Å²) in [6.45, 7) is -0.140. The van der Waals surface area contributed by atoms with Crippen LogP contribution in [0.2, 0.25) is 0 Å². The van der Waals surface area contributed by atoms with Crippen LogP contribution in [0.4, 0.5) is 8.78 Å². The molecule has 5 aliphatic carbocycles. The van der Waals surface area contributed by atoms with Crippen LogP contribution in [-0.2, 0) is 28.1 Å². The number of halogens is 2. The van der Waals surface area contributed by atoms with Crippen LogP contribution in [0.25, 0.3) is 0 Å². The van der Waals surface area contributed by atoms with E-state index in [9.17, 15) is 18.4 Å². The summed E-state index contributed by atoms with van der Waals surface area (Å²) in [7, 11) is 1.69. The Kier molecular flexibility index (Phi) is 6.55. The Labute approximate surface area is 184 Å². The van der Waals surface area contributed by atoms with Crippen LogP contribution in [-0.4, -0.2) is 47.9 Å². The predicted molar refractivity (Wildman–Crippen MR) is 106 cm³/mol. The van der Waals surface area contributed by atoms with Crippen LogP contribution in [0, 0.1) is 23.2 Å². The summed E-state index contributed by atoms with van der Waals surface area (Å²) in [6.07, 6.45) is 8.13. The molecule has 0 saturated heterocycles. The average Bonchev–Trinajstić information content (AvgIpc) is 2.70. The third kappa shape index (κ3) is 4.86. The van der Waals surface area contributed by atoms with Gasteiger partial charge in [0.05, 0.1) is 18.6 Å². The van der Waals surface area contributed by atoms with E-state index in [1.165, 1.54) is 0 Å². The minimum absolute atomic E-state index is 0.123. The second-order valence-electron chi connectivity index (χ2n) is 10.0. The summed E-state index contributed by atoms with van der Waals surface area (Å²) in [6, 6.07) is 0. The van der Waals surface area contributed by atoms with E-state index in [1.54, 1.807) is 7.11 Å². The van der Waals surface area contributed by atoms with Crippen LogP contribution >= 0.6 is 12.0 Å². The van der Waals surface area contributed by atoms with Gasteiger partial charge in [0.2, 0.25) is 0 Å². The van der Waals surface area contributed by atoms with E-state index < -0.39 is 34.3 Å². The number of esters is 2. The molecule has 4 bridgehead atoms. The van der Waals surface area contributed by atoms with Crippen molar-refractivity contribution in [2.75, 3.05) is 13.7 Å². The van der Waals surface area contributed by atoms with E-state index in [-0.39, 0.29) is 24.6 Å². The zero-order valence-electron chi connectivity index (χ0n) is 17.6. The van der Waals surface area contributed by atoms with Crippen molar-refractivity contribution in [2.45, 2.75) is 81.2 Å². The molecule has 0 spiro atoms. The zero-order valence-corrected chi connectivity index (χ0v) is 18.5. The Bertz CT molecular complexity index is 681. The summed E-state index contributed by atoms with van der Waals surface area (Å²) >= 11 is -0.647. The molecule has 0 radical (unpaired) electrons. The standard InChI is InChI=1S/C21H30F2O7S/c1-27-16-4-2-15(3-5-16)17(24)29-20-9-13-6-14(10-20)8-19(7-13,11-20)12-28-18(25)21(22,23)31-30-26/h13-16,26H,2-12H2,1H3. The second kappa shape index (κ2) is 8.76. The minimum Gasteiger partial charge on any atom is -0.460 e. The van der Waals surface area contributed by atoms with Gasteiger partial charge in [0.25, 0.3) is 0 Å². The molecule has 5 rings (SSSR count). The van der Waals surface area contributed by atoms with Gasteiger partial charge in [0.15, 0.2) is 0 Å². The van der Waals surface area contributed by atoms with Crippen molar-refractivity contribution < 1.29 is 42.2 Å². The molecule has 176 valence electrons. The molecule has 0 aliphatic heterocycles. The van der Waals surface area contributed by atoms with Crippen LogP contribution in [0.1, 0.15) is 64.2 Å². The van der Waals surface area contributed by atoms with E-state index in [4.69, 9.17) is 19.5 Å². The van der Waals surface area contributed by atoms with Crippen molar-refractivity contribution in [3.05, 3.63) is 0 Å². The van der Waals surface area contributed by atoms with Crippen molar-refractivity contribution in [3.8, 4) is 0 Å². The average molecular weight is 465 g/mol. The third-order valence-corrected chi connectivity index (χ3v) is 8.13. The van der Waals surface area contributed by atoms with Crippen molar-refractivity contribution >= 4 is 24.0 Å². The molecule has 10 heteroatoms. The molecular formula is C21H30F2O7S. The van der Waals surface area contributed by atoms with Gasteiger partial charge in [-0.1, -0.05) is 0 Å². The van der Waals surface area contributed by atoms with Gasteiger partial charge in [-0.3, -0.25) is 4.79 Å². The van der Waals surface area contributed by atoms with Gasteiger partial charge in [0, 0.05) is 12.5 Å². The van der Waals surface area contributed by atoms with E-state index in [0.29, 0.717) is 18.3 Å². The Morgan fingerprint density at radius 3 is 2.32 bits per heavy atom. The van der Waals surface area contributed by atoms with Gasteiger partial charge >= 0.3 is 17.2 Å². The fourth-order valence-electron chi connectivity index (χ4n) is 6.87. The number of methoxy groups -OCH3 is 1. The number of carbonyl (C=O) groups is 2. The summed E-state index contributed by atoms with van der Waals surface area (Å²) in [5.41, 5.74) is -1.04. The number of ether oxygens (including phenoxy) is 3. The molecule has 1 N–H and O–H groups in total. The first-order chi connectivity index (χ1) is 14.7. The number of rotatable bonds is 8. The first kappa shape index (κ1) is 23.2. The molecule has 5 aliphatic rings. The van der Waals surface area contributed by atoms with E-state index >= 15 is 0 Å². The highest BCUT2D eigenvalue weighted by atomic mass is 32.2.